The highest BCUT2D eigenvalue weighted by Crippen LogP contribution is 2.07. The Morgan fingerprint density at radius 1 is 1.24 bits per heavy atom. The number of carboxylic acids is 1. The van der Waals surface area contributed by atoms with Crippen LogP contribution in [0.4, 0.5) is 0 Å². The minimum atomic E-state index is -0.683. The second kappa shape index (κ2) is 7.67. The smallest absolute Gasteiger partial charge is 0.307 e. The summed E-state index contributed by atoms with van der Waals surface area (Å²) in [6.07, 6.45) is 3.68. The Morgan fingerprint density at radius 3 is 2.53 bits per heavy atom. The molecule has 1 rings (SSSR count). The highest BCUT2D eigenvalue weighted by atomic mass is 16.4. The van der Waals surface area contributed by atoms with Gasteiger partial charge in [-0.25, -0.2) is 0 Å². The molecule has 0 spiro atoms. The molecule has 100 valence electrons. The standard InChI is InChI=1S/C13H26N2O2/c1-3-4-6-14-7-5-8-15(10-9-14)11-12(2)13(16)17/h12H,3-11H2,1-2H3,(H,16,17). The van der Waals surface area contributed by atoms with Crippen molar-refractivity contribution in [1.29, 1.82) is 0 Å². The van der Waals surface area contributed by atoms with Crippen LogP contribution in [0.25, 0.3) is 0 Å². The van der Waals surface area contributed by atoms with Gasteiger partial charge in [0, 0.05) is 19.6 Å². The van der Waals surface area contributed by atoms with Gasteiger partial charge in [0.05, 0.1) is 5.92 Å². The molecule has 1 heterocycles. The van der Waals surface area contributed by atoms with E-state index in [1.807, 2.05) is 0 Å². The Morgan fingerprint density at radius 2 is 1.88 bits per heavy atom. The highest BCUT2D eigenvalue weighted by molar-refractivity contribution is 5.69. The van der Waals surface area contributed by atoms with Crippen LogP contribution in [-0.4, -0.2) is 60.1 Å². The summed E-state index contributed by atoms with van der Waals surface area (Å²) in [5, 5.41) is 8.91. The Balaban J connectivity index is 2.29. The van der Waals surface area contributed by atoms with Crippen LogP contribution >= 0.6 is 0 Å². The lowest BCUT2D eigenvalue weighted by atomic mass is 10.1. The molecule has 4 nitrogen and oxygen atoms in total. The van der Waals surface area contributed by atoms with Gasteiger partial charge in [-0.2, -0.15) is 0 Å². The van der Waals surface area contributed by atoms with Gasteiger partial charge in [-0.05, 0) is 32.5 Å². The molecule has 0 saturated carbocycles. The highest BCUT2D eigenvalue weighted by Gasteiger charge is 2.19. The van der Waals surface area contributed by atoms with Crippen molar-refractivity contribution < 1.29 is 9.90 Å². The molecule has 0 aromatic carbocycles. The van der Waals surface area contributed by atoms with Crippen molar-refractivity contribution in [3.8, 4) is 0 Å². The van der Waals surface area contributed by atoms with E-state index in [4.69, 9.17) is 5.11 Å². The Hall–Kier alpha value is -0.610. The van der Waals surface area contributed by atoms with Gasteiger partial charge >= 0.3 is 5.97 Å². The maximum Gasteiger partial charge on any atom is 0.307 e. The number of rotatable bonds is 6. The molecule has 1 saturated heterocycles. The fourth-order valence-electron chi connectivity index (χ4n) is 2.28. The molecule has 0 aromatic rings. The molecular weight excluding hydrogens is 216 g/mol. The Labute approximate surface area is 105 Å². The third-order valence-electron chi connectivity index (χ3n) is 3.46. The number of hydrogen-bond acceptors (Lipinski definition) is 3. The summed E-state index contributed by atoms with van der Waals surface area (Å²) in [4.78, 5) is 15.6. The summed E-state index contributed by atoms with van der Waals surface area (Å²) in [5.74, 6) is -0.936. The van der Waals surface area contributed by atoms with Gasteiger partial charge in [0.1, 0.15) is 0 Å². The monoisotopic (exact) mass is 242 g/mol. The van der Waals surface area contributed by atoms with Crippen molar-refractivity contribution >= 4 is 5.97 Å². The zero-order chi connectivity index (χ0) is 12.7. The number of unbranched alkanes of at least 4 members (excludes halogenated alkanes) is 1. The molecule has 17 heavy (non-hydrogen) atoms. The minimum Gasteiger partial charge on any atom is -0.481 e. The molecule has 0 bridgehead atoms. The SMILES string of the molecule is CCCCN1CCCN(CC(C)C(=O)O)CC1. The second-order valence-electron chi connectivity index (χ2n) is 5.09. The van der Waals surface area contributed by atoms with Crippen molar-refractivity contribution in [2.45, 2.75) is 33.1 Å². The largest absolute Gasteiger partial charge is 0.481 e. The molecular formula is C13H26N2O2. The van der Waals surface area contributed by atoms with Gasteiger partial charge in [0.25, 0.3) is 0 Å². The van der Waals surface area contributed by atoms with Gasteiger partial charge in [-0.15, -0.1) is 0 Å². The molecule has 0 amide bonds. The Kier molecular flexibility index (Phi) is 6.52. The van der Waals surface area contributed by atoms with Crippen molar-refractivity contribution in [3.05, 3.63) is 0 Å². The average molecular weight is 242 g/mol. The van der Waals surface area contributed by atoms with E-state index in [2.05, 4.69) is 16.7 Å². The van der Waals surface area contributed by atoms with Crippen LogP contribution in [0, 0.1) is 5.92 Å². The predicted molar refractivity (Wildman–Crippen MR) is 69.2 cm³/mol. The van der Waals surface area contributed by atoms with Gasteiger partial charge in [-0.3, -0.25) is 4.79 Å². The van der Waals surface area contributed by atoms with E-state index in [-0.39, 0.29) is 5.92 Å². The van der Waals surface area contributed by atoms with Crippen molar-refractivity contribution in [3.63, 3.8) is 0 Å². The molecule has 1 aliphatic heterocycles. The van der Waals surface area contributed by atoms with Gasteiger partial charge in [0.15, 0.2) is 0 Å². The molecule has 1 atom stereocenters. The number of aliphatic carboxylic acids is 1. The fourth-order valence-corrected chi connectivity index (χ4v) is 2.28. The molecule has 1 aliphatic rings. The lowest BCUT2D eigenvalue weighted by Crippen LogP contribution is -2.35. The first-order chi connectivity index (χ1) is 8.13. The quantitative estimate of drug-likeness (QED) is 0.767. The lowest BCUT2D eigenvalue weighted by molar-refractivity contribution is -0.141. The minimum absolute atomic E-state index is 0.253. The van der Waals surface area contributed by atoms with Gasteiger partial charge < -0.3 is 14.9 Å². The van der Waals surface area contributed by atoms with E-state index < -0.39 is 5.97 Å². The van der Waals surface area contributed by atoms with Crippen LogP contribution in [0.2, 0.25) is 0 Å². The number of hydrogen-bond donors (Lipinski definition) is 1. The molecule has 0 aromatic heterocycles. The van der Waals surface area contributed by atoms with Crippen LogP contribution in [-0.2, 0) is 4.79 Å². The summed E-state index contributed by atoms with van der Waals surface area (Å²) >= 11 is 0. The summed E-state index contributed by atoms with van der Waals surface area (Å²) in [7, 11) is 0. The van der Waals surface area contributed by atoms with Crippen molar-refractivity contribution in [2.24, 2.45) is 5.92 Å². The van der Waals surface area contributed by atoms with E-state index >= 15 is 0 Å². The van der Waals surface area contributed by atoms with Crippen LogP contribution < -0.4 is 0 Å². The molecule has 0 radical (unpaired) electrons. The number of nitrogens with zero attached hydrogens (tertiary/aromatic N) is 2. The fraction of sp³-hybridized carbons (Fsp3) is 0.923. The van der Waals surface area contributed by atoms with E-state index in [1.54, 1.807) is 6.92 Å². The van der Waals surface area contributed by atoms with Crippen molar-refractivity contribution in [2.75, 3.05) is 39.3 Å². The van der Waals surface area contributed by atoms with Crippen LogP contribution in [0.3, 0.4) is 0 Å². The normalized spacial score (nSPS) is 21.1. The third-order valence-corrected chi connectivity index (χ3v) is 3.46. The molecule has 4 heteroatoms. The van der Waals surface area contributed by atoms with E-state index in [0.29, 0.717) is 6.54 Å². The first-order valence-corrected chi connectivity index (χ1v) is 6.81. The van der Waals surface area contributed by atoms with Gasteiger partial charge in [0.2, 0.25) is 0 Å². The molecule has 1 N–H and O–H groups in total. The van der Waals surface area contributed by atoms with Crippen molar-refractivity contribution in [1.82, 2.24) is 9.80 Å². The van der Waals surface area contributed by atoms with Crippen LogP contribution in [0.5, 0.6) is 0 Å². The predicted octanol–water partition coefficient (Wildman–Crippen LogP) is 1.51. The maximum atomic E-state index is 10.8. The maximum absolute atomic E-state index is 10.8. The second-order valence-corrected chi connectivity index (χ2v) is 5.09. The van der Waals surface area contributed by atoms with E-state index in [9.17, 15) is 4.79 Å². The molecule has 1 unspecified atom stereocenters. The first-order valence-electron chi connectivity index (χ1n) is 6.81. The summed E-state index contributed by atoms with van der Waals surface area (Å²) in [5.41, 5.74) is 0. The van der Waals surface area contributed by atoms with E-state index in [1.165, 1.54) is 19.4 Å². The summed E-state index contributed by atoms with van der Waals surface area (Å²) in [6, 6.07) is 0. The lowest BCUT2D eigenvalue weighted by Gasteiger charge is -2.23. The summed E-state index contributed by atoms with van der Waals surface area (Å²) < 4.78 is 0. The zero-order valence-electron chi connectivity index (χ0n) is 11.2. The van der Waals surface area contributed by atoms with Crippen LogP contribution in [0.15, 0.2) is 0 Å². The average Bonchev–Trinajstić information content (AvgIpc) is 2.52. The number of carbonyl (C=O) groups is 1. The topological polar surface area (TPSA) is 43.8 Å². The van der Waals surface area contributed by atoms with E-state index in [0.717, 1.165) is 32.6 Å². The first kappa shape index (κ1) is 14.5. The summed E-state index contributed by atoms with van der Waals surface area (Å²) in [6.45, 7) is 10.2. The molecule has 1 fully saturated rings. The molecule has 0 aliphatic carbocycles. The van der Waals surface area contributed by atoms with Gasteiger partial charge in [-0.1, -0.05) is 20.3 Å². The third kappa shape index (κ3) is 5.50. The zero-order valence-corrected chi connectivity index (χ0v) is 11.2. The Bertz CT molecular complexity index is 233. The number of carboxylic acid groups (broad SMARTS) is 1. The van der Waals surface area contributed by atoms with Crippen LogP contribution in [0.1, 0.15) is 33.1 Å².